The highest BCUT2D eigenvalue weighted by Crippen LogP contribution is 2.30. The van der Waals surface area contributed by atoms with Gasteiger partial charge in [0.1, 0.15) is 6.07 Å². The Morgan fingerprint density at radius 3 is 2.44 bits per heavy atom. The van der Waals surface area contributed by atoms with Crippen molar-refractivity contribution in [3.05, 3.63) is 59.2 Å². The standard InChI is InChI=1S/C17H13N/c1-11-9-16-14-6-4-3-5-13(14)7-8-15(16)17(10-18)12(11)2/h3-9H,1-2H3. The molecule has 0 aliphatic rings. The van der Waals surface area contributed by atoms with Crippen LogP contribution < -0.4 is 0 Å². The summed E-state index contributed by atoms with van der Waals surface area (Å²) in [5.41, 5.74) is 3.06. The Morgan fingerprint density at radius 2 is 1.67 bits per heavy atom. The average molecular weight is 231 g/mol. The molecule has 0 unspecified atom stereocenters. The largest absolute Gasteiger partial charge is 0.192 e. The fourth-order valence-corrected chi connectivity index (χ4v) is 2.54. The number of nitriles is 1. The topological polar surface area (TPSA) is 23.8 Å². The number of aryl methyl sites for hydroxylation is 1. The molecule has 3 aromatic carbocycles. The van der Waals surface area contributed by atoms with Crippen molar-refractivity contribution in [2.24, 2.45) is 0 Å². The zero-order valence-electron chi connectivity index (χ0n) is 10.5. The highest BCUT2D eigenvalue weighted by atomic mass is 14.3. The Hall–Kier alpha value is -2.33. The molecule has 0 heterocycles. The molecular weight excluding hydrogens is 218 g/mol. The van der Waals surface area contributed by atoms with Gasteiger partial charge in [-0.15, -0.1) is 0 Å². The van der Waals surface area contributed by atoms with Crippen LogP contribution in [-0.2, 0) is 0 Å². The molecule has 0 atom stereocenters. The van der Waals surface area contributed by atoms with E-state index in [1.54, 1.807) is 0 Å². The van der Waals surface area contributed by atoms with Gasteiger partial charge in [-0.3, -0.25) is 0 Å². The van der Waals surface area contributed by atoms with Crippen LogP contribution in [0.2, 0.25) is 0 Å². The lowest BCUT2D eigenvalue weighted by Crippen LogP contribution is -1.90. The number of hydrogen-bond acceptors (Lipinski definition) is 1. The normalized spacial score (nSPS) is 10.7. The maximum Gasteiger partial charge on any atom is 0.100 e. The van der Waals surface area contributed by atoms with E-state index in [1.807, 2.05) is 19.1 Å². The van der Waals surface area contributed by atoms with Crippen molar-refractivity contribution in [2.45, 2.75) is 13.8 Å². The summed E-state index contributed by atoms with van der Waals surface area (Å²) in [5.74, 6) is 0. The summed E-state index contributed by atoms with van der Waals surface area (Å²) in [4.78, 5) is 0. The van der Waals surface area contributed by atoms with Crippen LogP contribution in [0.15, 0.2) is 42.5 Å². The van der Waals surface area contributed by atoms with Crippen molar-refractivity contribution < 1.29 is 0 Å². The molecule has 0 saturated heterocycles. The molecule has 1 heteroatoms. The van der Waals surface area contributed by atoms with Gasteiger partial charge in [0.15, 0.2) is 0 Å². The molecular formula is C17H13N. The maximum atomic E-state index is 9.36. The highest BCUT2D eigenvalue weighted by molar-refractivity contribution is 6.09. The lowest BCUT2D eigenvalue weighted by molar-refractivity contribution is 1.33. The van der Waals surface area contributed by atoms with E-state index < -0.39 is 0 Å². The quantitative estimate of drug-likeness (QED) is 0.523. The van der Waals surface area contributed by atoms with Crippen LogP contribution in [0.5, 0.6) is 0 Å². The van der Waals surface area contributed by atoms with Crippen LogP contribution in [0.1, 0.15) is 16.7 Å². The van der Waals surface area contributed by atoms with Crippen LogP contribution in [0.4, 0.5) is 0 Å². The number of fused-ring (bicyclic) bond motifs is 3. The molecule has 0 aliphatic carbocycles. The van der Waals surface area contributed by atoms with Crippen molar-refractivity contribution in [2.75, 3.05) is 0 Å². The van der Waals surface area contributed by atoms with Crippen molar-refractivity contribution >= 4 is 21.5 Å². The Kier molecular flexibility index (Phi) is 2.31. The second-order valence-electron chi connectivity index (χ2n) is 4.69. The fraction of sp³-hybridized carbons (Fsp3) is 0.118. The van der Waals surface area contributed by atoms with E-state index in [0.717, 1.165) is 16.5 Å². The summed E-state index contributed by atoms with van der Waals surface area (Å²) < 4.78 is 0. The third-order valence-electron chi connectivity index (χ3n) is 3.68. The van der Waals surface area contributed by atoms with Crippen LogP contribution in [0.3, 0.4) is 0 Å². The van der Waals surface area contributed by atoms with Crippen LogP contribution >= 0.6 is 0 Å². The molecule has 0 bridgehead atoms. The van der Waals surface area contributed by atoms with Gasteiger partial charge in [0, 0.05) is 5.39 Å². The third-order valence-corrected chi connectivity index (χ3v) is 3.68. The van der Waals surface area contributed by atoms with Gasteiger partial charge in [-0.05, 0) is 41.1 Å². The summed E-state index contributed by atoms with van der Waals surface area (Å²) in [6.07, 6.45) is 0. The summed E-state index contributed by atoms with van der Waals surface area (Å²) in [7, 11) is 0. The van der Waals surface area contributed by atoms with Crippen molar-refractivity contribution in [3.8, 4) is 6.07 Å². The first-order chi connectivity index (χ1) is 8.72. The molecule has 0 radical (unpaired) electrons. The molecule has 0 aliphatic heterocycles. The number of rotatable bonds is 0. The van der Waals surface area contributed by atoms with Crippen LogP contribution in [0, 0.1) is 25.2 Å². The Labute approximate surface area is 106 Å². The van der Waals surface area contributed by atoms with E-state index in [2.05, 4.69) is 43.3 Å². The fourth-order valence-electron chi connectivity index (χ4n) is 2.54. The lowest BCUT2D eigenvalue weighted by Gasteiger charge is -2.10. The smallest absolute Gasteiger partial charge is 0.100 e. The summed E-state index contributed by atoms with van der Waals surface area (Å²) in [6, 6.07) is 17.0. The minimum atomic E-state index is 0.802. The van der Waals surface area contributed by atoms with Gasteiger partial charge in [-0.1, -0.05) is 42.5 Å². The van der Waals surface area contributed by atoms with E-state index in [4.69, 9.17) is 0 Å². The zero-order valence-corrected chi connectivity index (χ0v) is 10.5. The second kappa shape index (κ2) is 3.85. The minimum Gasteiger partial charge on any atom is -0.192 e. The minimum absolute atomic E-state index is 0.802. The summed E-state index contributed by atoms with van der Waals surface area (Å²) >= 11 is 0. The highest BCUT2D eigenvalue weighted by Gasteiger charge is 2.09. The zero-order chi connectivity index (χ0) is 12.7. The maximum absolute atomic E-state index is 9.36. The monoisotopic (exact) mass is 231 g/mol. The Bertz CT molecular complexity index is 807. The van der Waals surface area contributed by atoms with Gasteiger partial charge < -0.3 is 0 Å². The van der Waals surface area contributed by atoms with Gasteiger partial charge in [0.2, 0.25) is 0 Å². The molecule has 3 rings (SSSR count). The van der Waals surface area contributed by atoms with E-state index >= 15 is 0 Å². The number of hydrogen-bond donors (Lipinski definition) is 0. The molecule has 0 N–H and O–H groups in total. The summed E-state index contributed by atoms with van der Waals surface area (Å²) in [6.45, 7) is 4.08. The summed E-state index contributed by atoms with van der Waals surface area (Å²) in [5, 5.41) is 14.0. The van der Waals surface area contributed by atoms with Gasteiger partial charge in [-0.2, -0.15) is 5.26 Å². The van der Waals surface area contributed by atoms with Crippen molar-refractivity contribution in [1.29, 1.82) is 5.26 Å². The van der Waals surface area contributed by atoms with Crippen LogP contribution in [-0.4, -0.2) is 0 Å². The molecule has 18 heavy (non-hydrogen) atoms. The first kappa shape index (κ1) is 10.8. The van der Waals surface area contributed by atoms with Crippen molar-refractivity contribution in [3.63, 3.8) is 0 Å². The second-order valence-corrected chi connectivity index (χ2v) is 4.69. The predicted molar refractivity (Wildman–Crippen MR) is 75.6 cm³/mol. The number of nitrogens with zero attached hydrogens (tertiary/aromatic N) is 1. The van der Waals surface area contributed by atoms with E-state index in [-0.39, 0.29) is 0 Å². The third kappa shape index (κ3) is 1.39. The van der Waals surface area contributed by atoms with E-state index in [9.17, 15) is 5.26 Å². The van der Waals surface area contributed by atoms with Gasteiger partial charge in [-0.25, -0.2) is 0 Å². The molecule has 0 aromatic heterocycles. The van der Waals surface area contributed by atoms with Gasteiger partial charge >= 0.3 is 0 Å². The molecule has 0 fully saturated rings. The first-order valence-electron chi connectivity index (χ1n) is 6.04. The molecule has 0 amide bonds. The van der Waals surface area contributed by atoms with E-state index in [0.29, 0.717) is 0 Å². The van der Waals surface area contributed by atoms with Crippen LogP contribution in [0.25, 0.3) is 21.5 Å². The molecule has 3 aromatic rings. The number of benzene rings is 3. The Balaban J connectivity index is 2.61. The lowest BCUT2D eigenvalue weighted by atomic mass is 9.93. The molecule has 86 valence electrons. The Morgan fingerprint density at radius 1 is 0.889 bits per heavy atom. The average Bonchev–Trinajstić information content (AvgIpc) is 2.40. The SMILES string of the molecule is Cc1cc2c(ccc3ccccc32)c(C#N)c1C. The van der Waals surface area contributed by atoms with Crippen molar-refractivity contribution in [1.82, 2.24) is 0 Å². The molecule has 1 nitrogen and oxygen atoms in total. The predicted octanol–water partition coefficient (Wildman–Crippen LogP) is 4.48. The van der Waals surface area contributed by atoms with Gasteiger partial charge in [0.25, 0.3) is 0 Å². The first-order valence-corrected chi connectivity index (χ1v) is 6.04. The van der Waals surface area contributed by atoms with Gasteiger partial charge in [0.05, 0.1) is 5.56 Å². The van der Waals surface area contributed by atoms with E-state index in [1.165, 1.54) is 21.7 Å². The molecule has 0 saturated carbocycles. The molecule has 0 spiro atoms.